The van der Waals surface area contributed by atoms with Crippen molar-refractivity contribution in [1.82, 2.24) is 0 Å². The lowest BCUT2D eigenvalue weighted by atomic mass is 9.52. The Bertz CT molecular complexity index is 1960. The monoisotopic (exact) mass is 896 g/mol. The number of oxime groups is 1. The van der Waals surface area contributed by atoms with Gasteiger partial charge in [0.05, 0.1) is 48.1 Å². The van der Waals surface area contributed by atoms with Gasteiger partial charge in [0, 0.05) is 41.1 Å². The average Bonchev–Trinajstić information content (AvgIpc) is 3.97. The summed E-state index contributed by atoms with van der Waals surface area (Å²) in [6.45, 7) is 20.2. The van der Waals surface area contributed by atoms with Gasteiger partial charge >= 0.3 is 5.97 Å². The molecule has 1 saturated carbocycles. The maximum atomic E-state index is 14.7. The van der Waals surface area contributed by atoms with Crippen LogP contribution in [0.15, 0.2) is 41.6 Å². The highest BCUT2D eigenvalue weighted by atomic mass is 19.1. The summed E-state index contributed by atoms with van der Waals surface area (Å²) >= 11 is 0. The summed E-state index contributed by atoms with van der Waals surface area (Å²) < 4.78 is 56.1. The number of halogens is 1. The number of epoxide rings is 1. The molecule has 2 N–H and O–H groups in total. The molecule has 6 heterocycles. The van der Waals surface area contributed by atoms with Crippen molar-refractivity contribution in [3.63, 3.8) is 0 Å². The molecule has 0 amide bonds. The van der Waals surface area contributed by atoms with Gasteiger partial charge in [-0.05, 0) is 102 Å². The predicted molar refractivity (Wildman–Crippen MR) is 236 cm³/mol. The number of aliphatic hydroxyl groups is 1. The second-order valence-corrected chi connectivity index (χ2v) is 21.2. The number of ketones is 1. The minimum Gasteiger partial charge on any atom is -0.481 e. The predicted octanol–water partition coefficient (Wildman–Crippen LogP) is 8.95. The van der Waals surface area contributed by atoms with Crippen LogP contribution < -0.4 is 0 Å². The smallest absolute Gasteiger partial charge is 0.309 e. The van der Waals surface area contributed by atoms with Crippen molar-refractivity contribution in [1.29, 1.82) is 0 Å². The van der Waals surface area contributed by atoms with Gasteiger partial charge in [-0.15, -0.1) is 0 Å². The summed E-state index contributed by atoms with van der Waals surface area (Å²) in [5.41, 5.74) is -0.377. The number of carboxylic acids is 1. The van der Waals surface area contributed by atoms with Crippen molar-refractivity contribution in [3.05, 3.63) is 47.8 Å². The Kier molecular flexibility index (Phi) is 13.2. The summed E-state index contributed by atoms with van der Waals surface area (Å²) in [6.07, 6.45) is 8.32. The van der Waals surface area contributed by atoms with Gasteiger partial charge in [-0.3, -0.25) is 9.59 Å². The molecule has 2 spiro atoms. The third-order valence-corrected chi connectivity index (χ3v) is 17.5. The minimum absolute atomic E-state index is 0.00338. The Hall–Kier alpha value is -2.78. The highest BCUT2D eigenvalue weighted by Crippen LogP contribution is 2.71. The van der Waals surface area contributed by atoms with Crippen LogP contribution in [0.25, 0.3) is 0 Å². The van der Waals surface area contributed by atoms with Gasteiger partial charge in [0.15, 0.2) is 5.79 Å². The maximum absolute atomic E-state index is 14.7. The molecule has 0 radical (unpaired) electrons. The molecule has 356 valence electrons. The van der Waals surface area contributed by atoms with E-state index in [0.29, 0.717) is 49.8 Å². The average molecular weight is 896 g/mol. The van der Waals surface area contributed by atoms with E-state index in [-0.39, 0.29) is 59.7 Å². The van der Waals surface area contributed by atoms with Gasteiger partial charge < -0.3 is 43.5 Å². The first-order valence-electron chi connectivity index (χ1n) is 24.5. The molecule has 0 bridgehead atoms. The van der Waals surface area contributed by atoms with Crippen LogP contribution in [-0.2, 0) is 49.5 Å². The first-order valence-corrected chi connectivity index (χ1v) is 24.5. The molecule has 6 aliphatic heterocycles. The van der Waals surface area contributed by atoms with E-state index >= 15 is 0 Å². The maximum Gasteiger partial charge on any atom is 0.309 e. The van der Waals surface area contributed by atoms with Crippen LogP contribution in [0.2, 0.25) is 0 Å². The summed E-state index contributed by atoms with van der Waals surface area (Å²) in [4.78, 5) is 32.7. The molecule has 7 aliphatic rings. The Morgan fingerprint density at radius 1 is 0.906 bits per heavy atom. The Morgan fingerprint density at radius 2 is 1.64 bits per heavy atom. The fraction of sp³-hybridized carbons (Fsp3) is 0.784. The number of carbonyl (C=O) groups excluding carboxylic acids is 1. The second kappa shape index (κ2) is 17.7. The lowest BCUT2D eigenvalue weighted by Gasteiger charge is -2.60. The number of fused-ring (bicyclic) bond motifs is 4. The van der Waals surface area contributed by atoms with Gasteiger partial charge in [0.1, 0.15) is 35.6 Å². The van der Waals surface area contributed by atoms with E-state index in [1.54, 1.807) is 25.1 Å². The molecule has 5 saturated heterocycles. The molecule has 1 aromatic rings. The van der Waals surface area contributed by atoms with Crippen LogP contribution in [0.5, 0.6) is 0 Å². The Labute approximate surface area is 379 Å². The molecular weight excluding hydrogens is 822 g/mol. The molecule has 13 heteroatoms. The van der Waals surface area contributed by atoms with E-state index in [2.05, 4.69) is 46.7 Å². The number of carbonyl (C=O) groups is 2. The molecule has 12 nitrogen and oxygen atoms in total. The van der Waals surface area contributed by atoms with Crippen LogP contribution in [0.3, 0.4) is 0 Å². The lowest BCUT2D eigenvalue weighted by molar-refractivity contribution is -0.374. The van der Waals surface area contributed by atoms with Crippen molar-refractivity contribution >= 4 is 17.5 Å². The molecule has 19 atom stereocenters. The molecule has 64 heavy (non-hydrogen) atoms. The number of carboxylic acid groups (broad SMARTS) is 1. The molecule has 4 unspecified atom stereocenters. The Balaban J connectivity index is 1.04. The van der Waals surface area contributed by atoms with Crippen molar-refractivity contribution in [2.45, 2.75) is 206 Å². The summed E-state index contributed by atoms with van der Waals surface area (Å²) in [5, 5.41) is 26.4. The van der Waals surface area contributed by atoms with Crippen molar-refractivity contribution in [2.75, 3.05) is 0 Å². The fourth-order valence-electron chi connectivity index (χ4n) is 13.2. The third-order valence-electron chi connectivity index (χ3n) is 17.5. The highest BCUT2D eigenvalue weighted by molar-refractivity contribution is 6.01. The van der Waals surface area contributed by atoms with Crippen LogP contribution >= 0.6 is 0 Å². The Morgan fingerprint density at radius 3 is 2.33 bits per heavy atom. The minimum atomic E-state index is -1.41. The number of hydrogen-bond donors (Lipinski definition) is 2. The molecule has 0 aromatic heterocycles. The van der Waals surface area contributed by atoms with Crippen molar-refractivity contribution in [3.8, 4) is 0 Å². The number of hydrogen-bond acceptors (Lipinski definition) is 11. The van der Waals surface area contributed by atoms with Gasteiger partial charge in [-0.2, -0.15) is 0 Å². The topological polar surface area (TPSA) is 155 Å². The number of Topliss-reactive ketones (excluding diaryl/α,β-unsaturated/α-hetero) is 1. The molecule has 1 aliphatic carbocycles. The van der Waals surface area contributed by atoms with Crippen LogP contribution in [0.1, 0.15) is 139 Å². The van der Waals surface area contributed by atoms with Crippen LogP contribution in [-0.4, -0.2) is 93.2 Å². The molecule has 6 fully saturated rings. The highest BCUT2D eigenvalue weighted by Gasteiger charge is 2.82. The zero-order valence-corrected chi connectivity index (χ0v) is 39.7. The quantitative estimate of drug-likeness (QED) is 0.128. The number of aliphatic carboxylic acids is 1. The summed E-state index contributed by atoms with van der Waals surface area (Å²) in [5.74, 6) is -6.45. The number of benzene rings is 1. The van der Waals surface area contributed by atoms with Crippen LogP contribution in [0, 0.1) is 52.7 Å². The van der Waals surface area contributed by atoms with E-state index < -0.39 is 76.8 Å². The van der Waals surface area contributed by atoms with E-state index in [1.807, 2.05) is 32.9 Å². The van der Waals surface area contributed by atoms with Crippen LogP contribution in [0.4, 0.5) is 4.39 Å². The third kappa shape index (κ3) is 7.82. The molecule has 1 aromatic carbocycles. The second-order valence-electron chi connectivity index (χ2n) is 21.2. The first-order chi connectivity index (χ1) is 30.3. The zero-order valence-electron chi connectivity index (χ0n) is 39.7. The van der Waals surface area contributed by atoms with E-state index in [9.17, 15) is 24.2 Å². The standard InChI is InChI=1S/C51H74FNO11/c1-11-34(46(56)57)37-19-18-28(4)42(59-37)32(8)40(54)31(7)41(55)35(12-2)43-29(5)26-30(6)50(62-43)23-20-38(53-58-27-33-16-14-15-17-36(33)52)51(64-50)25-24-47(9,63-51)39-21-22-49(13-3)45-44(60-45)48(49,10)61-39/h14-17,20,23,28-32,34-35,37,39-40,42-45,54H,11-13,18-19,21-22,24-27H2,1-10H3,(H,56,57)/b53-38+/t28-,29-,30+,31-,32-,34?,35-,37+,39+,40+,42+,43-,44?,45?,47-,48?,49-,50-,51-/m0/s1. The zero-order chi connectivity index (χ0) is 46.1. The van der Waals surface area contributed by atoms with Gasteiger partial charge in [-0.1, -0.05) is 78.7 Å². The van der Waals surface area contributed by atoms with E-state index in [0.717, 1.165) is 25.7 Å². The van der Waals surface area contributed by atoms with Crippen molar-refractivity contribution < 1.29 is 57.5 Å². The summed E-state index contributed by atoms with van der Waals surface area (Å²) in [7, 11) is 0. The first kappa shape index (κ1) is 47.7. The number of nitrogens with zero attached hydrogens (tertiary/aromatic N) is 1. The molecular formula is C51H74FNO11. The van der Waals surface area contributed by atoms with Gasteiger partial charge in [0.2, 0.25) is 5.79 Å². The number of aliphatic hydroxyl groups excluding tert-OH is 1. The fourth-order valence-corrected chi connectivity index (χ4v) is 13.2. The van der Waals surface area contributed by atoms with Gasteiger partial charge in [0.25, 0.3) is 0 Å². The number of ether oxygens (including phenoxy) is 6. The largest absolute Gasteiger partial charge is 0.481 e. The number of rotatable bonds is 15. The van der Waals surface area contributed by atoms with Gasteiger partial charge in [-0.25, -0.2) is 4.39 Å². The lowest BCUT2D eigenvalue weighted by Crippen LogP contribution is -2.70. The van der Waals surface area contributed by atoms with E-state index in [4.69, 9.17) is 33.3 Å². The van der Waals surface area contributed by atoms with E-state index in [1.165, 1.54) is 6.07 Å². The summed E-state index contributed by atoms with van der Waals surface area (Å²) in [6, 6.07) is 6.45. The normalized spacial score (nSPS) is 44.3. The molecule has 8 rings (SSSR count). The van der Waals surface area contributed by atoms with Crippen molar-refractivity contribution in [2.24, 2.45) is 52.0 Å². The SMILES string of the molecule is CCC(C(=O)O)[C@H]1CC[C@H](C)[C@H]([C@@H](C)[C@H](O)[C@H](C)C(=O)[C@H](CC)[C@H]2O[C@]3(C=C/C(=N\OCc4ccccc4F)[C@]4(CC[C@@](C)([C@H]5CC[C@@]6(CC)C7OC7C6(C)O5)O4)O3)[C@H](C)C[C@@H]2C)O1.